The standard InChI is InChI=1S/C27H27F3N6O2/c1-16-7-22(36-6-5-26(15-32,25(36)38)20-3-4-20)11-23(35-16)24(37)34-13-17-8-18(19(12-31)14-33-2)10-21(9-17)27(28,29)30/h7-12,14,20H,3-6,13,31H2,1-2H3,(H,34,37)/t26-/m1/s1. The molecule has 8 nitrogen and oxygen atoms in total. The normalized spacial score (nSPS) is 20.2. The summed E-state index contributed by atoms with van der Waals surface area (Å²) in [5.41, 5.74) is 5.33. The van der Waals surface area contributed by atoms with Gasteiger partial charge in [-0.2, -0.15) is 18.4 Å². The number of hydrogen-bond donors (Lipinski definition) is 2. The van der Waals surface area contributed by atoms with Crippen molar-refractivity contribution in [2.45, 2.75) is 38.9 Å². The van der Waals surface area contributed by atoms with E-state index in [1.807, 2.05) is 0 Å². The van der Waals surface area contributed by atoms with E-state index in [9.17, 15) is 28.0 Å². The summed E-state index contributed by atoms with van der Waals surface area (Å²) in [6.07, 6.45) is 0.0251. The summed E-state index contributed by atoms with van der Waals surface area (Å²) >= 11 is 0. The van der Waals surface area contributed by atoms with Crippen LogP contribution in [0, 0.1) is 29.6 Å². The summed E-state index contributed by atoms with van der Waals surface area (Å²) in [5.74, 6) is -0.819. The number of hydrogen-bond acceptors (Lipinski definition) is 6. The van der Waals surface area contributed by atoms with E-state index in [4.69, 9.17) is 5.73 Å². The number of amides is 2. The topological polar surface area (TPSA) is 124 Å². The number of nitrogens with one attached hydrogen (secondary N) is 1. The monoisotopic (exact) mass is 524 g/mol. The molecule has 1 saturated heterocycles. The maximum atomic E-state index is 13.5. The average Bonchev–Trinajstić information content (AvgIpc) is 3.68. The van der Waals surface area contributed by atoms with Gasteiger partial charge in [0, 0.05) is 49.5 Å². The molecule has 198 valence electrons. The van der Waals surface area contributed by atoms with Gasteiger partial charge in [-0.1, -0.05) is 0 Å². The second-order valence-corrected chi connectivity index (χ2v) is 9.52. The van der Waals surface area contributed by atoms with Crippen molar-refractivity contribution in [2.24, 2.45) is 22.1 Å². The van der Waals surface area contributed by atoms with Crippen LogP contribution in [0.4, 0.5) is 18.9 Å². The van der Waals surface area contributed by atoms with E-state index in [0.717, 1.165) is 31.2 Å². The number of carbonyl (C=O) groups is 2. The van der Waals surface area contributed by atoms with Gasteiger partial charge in [-0.15, -0.1) is 0 Å². The van der Waals surface area contributed by atoms with Gasteiger partial charge in [-0.25, -0.2) is 4.98 Å². The number of nitrogens with zero attached hydrogens (tertiary/aromatic N) is 4. The van der Waals surface area contributed by atoms with Gasteiger partial charge in [0.25, 0.3) is 5.91 Å². The first-order valence-electron chi connectivity index (χ1n) is 12.1. The molecular formula is C27H27F3N6O2. The Morgan fingerprint density at radius 3 is 2.66 bits per heavy atom. The number of nitriles is 1. The van der Waals surface area contributed by atoms with Crippen LogP contribution in [0.3, 0.4) is 0 Å². The van der Waals surface area contributed by atoms with Gasteiger partial charge in [-0.05, 0) is 73.6 Å². The first-order valence-corrected chi connectivity index (χ1v) is 12.1. The van der Waals surface area contributed by atoms with Gasteiger partial charge >= 0.3 is 6.18 Å². The molecule has 11 heteroatoms. The lowest BCUT2D eigenvalue weighted by atomic mass is 9.83. The molecule has 1 aromatic heterocycles. The second-order valence-electron chi connectivity index (χ2n) is 9.52. The number of rotatable bonds is 7. The zero-order valence-electron chi connectivity index (χ0n) is 21.0. The molecule has 4 rings (SSSR count). The van der Waals surface area contributed by atoms with Gasteiger partial charge in [-0.3, -0.25) is 14.6 Å². The number of allylic oxidation sites excluding steroid dienone is 1. The van der Waals surface area contributed by atoms with E-state index < -0.39 is 23.1 Å². The third-order valence-corrected chi connectivity index (χ3v) is 6.87. The van der Waals surface area contributed by atoms with Gasteiger partial charge in [0.05, 0.1) is 11.6 Å². The van der Waals surface area contributed by atoms with Crippen LogP contribution in [-0.4, -0.2) is 36.6 Å². The third-order valence-electron chi connectivity index (χ3n) is 6.87. The summed E-state index contributed by atoms with van der Waals surface area (Å²) < 4.78 is 40.6. The Kier molecular flexibility index (Phi) is 7.26. The van der Waals surface area contributed by atoms with Crippen LogP contribution in [0.1, 0.15) is 52.1 Å². The van der Waals surface area contributed by atoms with Crippen LogP contribution in [0.5, 0.6) is 0 Å². The molecule has 0 unspecified atom stereocenters. The number of aromatic nitrogens is 1. The molecule has 2 aromatic rings. The van der Waals surface area contributed by atoms with Crippen LogP contribution in [0.15, 0.2) is 41.5 Å². The summed E-state index contributed by atoms with van der Waals surface area (Å²) in [4.78, 5) is 35.7. The molecule has 2 aliphatic rings. The molecular weight excluding hydrogens is 497 g/mol. The molecule has 2 amide bonds. The van der Waals surface area contributed by atoms with Crippen molar-refractivity contribution in [3.05, 3.63) is 64.6 Å². The molecule has 1 aromatic carbocycles. The Morgan fingerprint density at radius 2 is 2.05 bits per heavy atom. The molecule has 0 spiro atoms. The number of alkyl halides is 3. The Labute approximate surface area is 218 Å². The Balaban J connectivity index is 1.56. The van der Waals surface area contributed by atoms with Crippen molar-refractivity contribution in [1.29, 1.82) is 5.26 Å². The number of benzene rings is 1. The minimum Gasteiger partial charge on any atom is -0.404 e. The minimum absolute atomic E-state index is 0.0153. The van der Waals surface area contributed by atoms with Crippen molar-refractivity contribution in [1.82, 2.24) is 10.3 Å². The highest BCUT2D eigenvalue weighted by molar-refractivity contribution is 6.09. The lowest BCUT2D eigenvalue weighted by Gasteiger charge is -2.21. The fraction of sp³-hybridized carbons (Fsp3) is 0.370. The molecule has 2 fully saturated rings. The van der Waals surface area contributed by atoms with E-state index in [1.54, 1.807) is 13.0 Å². The molecule has 1 aliphatic carbocycles. The molecule has 1 aliphatic heterocycles. The molecule has 1 saturated carbocycles. The molecule has 38 heavy (non-hydrogen) atoms. The van der Waals surface area contributed by atoms with Crippen LogP contribution in [0.2, 0.25) is 0 Å². The largest absolute Gasteiger partial charge is 0.416 e. The maximum Gasteiger partial charge on any atom is 0.416 e. The van der Waals surface area contributed by atoms with Gasteiger partial charge in [0.15, 0.2) is 0 Å². The minimum atomic E-state index is -4.60. The quantitative estimate of drug-likeness (QED) is 0.530. The van der Waals surface area contributed by atoms with Gasteiger partial charge in [0.2, 0.25) is 5.91 Å². The average molecular weight is 525 g/mol. The Morgan fingerprint density at radius 1 is 1.32 bits per heavy atom. The highest BCUT2D eigenvalue weighted by Crippen LogP contribution is 2.51. The highest BCUT2D eigenvalue weighted by atomic mass is 19.4. The Hall–Kier alpha value is -4.20. The summed E-state index contributed by atoms with van der Waals surface area (Å²) in [6.45, 7) is 1.83. The van der Waals surface area contributed by atoms with Gasteiger partial charge < -0.3 is 16.0 Å². The van der Waals surface area contributed by atoms with Crippen LogP contribution in [-0.2, 0) is 17.5 Å². The van der Waals surface area contributed by atoms with E-state index >= 15 is 0 Å². The van der Waals surface area contributed by atoms with E-state index in [-0.39, 0.29) is 35.2 Å². The van der Waals surface area contributed by atoms with E-state index in [1.165, 1.54) is 30.3 Å². The van der Waals surface area contributed by atoms with Crippen LogP contribution < -0.4 is 16.0 Å². The molecule has 3 N–H and O–H groups in total. The van der Waals surface area contributed by atoms with E-state index in [2.05, 4.69) is 21.4 Å². The number of anilines is 1. The SMILES string of the molecule is CN=CC(=CN)c1cc(CNC(=O)c2cc(N3CC[C@@](C#N)(C4CC4)C3=O)cc(C)n2)cc(C(F)(F)F)c1. The predicted octanol–water partition coefficient (Wildman–Crippen LogP) is 4.00. The van der Waals surface area contributed by atoms with Crippen molar-refractivity contribution in [3.8, 4) is 6.07 Å². The number of nitrogens with two attached hydrogens (primary N) is 1. The lowest BCUT2D eigenvalue weighted by Crippen LogP contribution is -2.35. The Bertz CT molecular complexity index is 1370. The fourth-order valence-corrected chi connectivity index (χ4v) is 4.81. The zero-order valence-corrected chi connectivity index (χ0v) is 21.0. The number of halogens is 3. The lowest BCUT2D eigenvalue weighted by molar-refractivity contribution is -0.137. The van der Waals surface area contributed by atoms with Crippen molar-refractivity contribution in [3.63, 3.8) is 0 Å². The van der Waals surface area contributed by atoms with Crippen molar-refractivity contribution in [2.75, 3.05) is 18.5 Å². The number of aryl methyl sites for hydroxylation is 1. The molecule has 2 heterocycles. The first kappa shape index (κ1) is 26.9. The first-order chi connectivity index (χ1) is 18.0. The fourth-order valence-electron chi connectivity index (χ4n) is 4.81. The summed E-state index contributed by atoms with van der Waals surface area (Å²) in [7, 11) is 1.48. The van der Waals surface area contributed by atoms with Gasteiger partial charge in [0.1, 0.15) is 11.1 Å². The number of aliphatic imine (C=N–C) groups is 1. The number of pyridine rings is 1. The third kappa shape index (κ3) is 5.25. The smallest absolute Gasteiger partial charge is 0.404 e. The molecule has 0 radical (unpaired) electrons. The van der Waals surface area contributed by atoms with Crippen molar-refractivity contribution >= 4 is 29.3 Å². The second kappa shape index (κ2) is 10.3. The maximum absolute atomic E-state index is 13.5. The predicted molar refractivity (Wildman–Crippen MR) is 136 cm³/mol. The van der Waals surface area contributed by atoms with Crippen LogP contribution >= 0.6 is 0 Å². The highest BCUT2D eigenvalue weighted by Gasteiger charge is 2.56. The zero-order chi connectivity index (χ0) is 27.7. The number of carbonyl (C=O) groups excluding carboxylic acids is 2. The summed E-state index contributed by atoms with van der Waals surface area (Å²) in [6, 6.07) is 8.79. The van der Waals surface area contributed by atoms with E-state index in [0.29, 0.717) is 29.9 Å². The van der Waals surface area contributed by atoms with Crippen molar-refractivity contribution < 1.29 is 22.8 Å². The molecule has 1 atom stereocenters. The molecule has 0 bridgehead atoms. The van der Waals surface area contributed by atoms with Crippen LogP contribution in [0.25, 0.3) is 5.57 Å². The summed E-state index contributed by atoms with van der Waals surface area (Å²) in [5, 5.41) is 12.4.